The highest BCUT2D eigenvalue weighted by atomic mass is 19.4. The zero-order valence-electron chi connectivity index (χ0n) is 6.02. The SMILES string of the molecule is O=C(O)OC1(C(F)(F)F)CCC1. The number of halogens is 3. The van der Waals surface area contributed by atoms with E-state index < -0.39 is 17.9 Å². The number of rotatable bonds is 1. The molecule has 12 heavy (non-hydrogen) atoms. The monoisotopic (exact) mass is 184 g/mol. The number of hydrogen-bond donors (Lipinski definition) is 1. The first-order valence-electron chi connectivity index (χ1n) is 3.36. The Morgan fingerprint density at radius 2 is 1.92 bits per heavy atom. The molecule has 0 radical (unpaired) electrons. The fraction of sp³-hybridized carbons (Fsp3) is 0.833. The third kappa shape index (κ3) is 1.33. The predicted octanol–water partition coefficient (Wildman–Crippen LogP) is 2.17. The first-order chi connectivity index (χ1) is 5.37. The molecule has 1 fully saturated rings. The van der Waals surface area contributed by atoms with Gasteiger partial charge in [0.25, 0.3) is 0 Å². The Balaban J connectivity index is 2.70. The lowest BCUT2D eigenvalue weighted by molar-refractivity contribution is -0.287. The largest absolute Gasteiger partial charge is 0.506 e. The van der Waals surface area contributed by atoms with Crippen LogP contribution in [-0.2, 0) is 4.74 Å². The highest BCUT2D eigenvalue weighted by Gasteiger charge is 2.61. The molecule has 0 aromatic rings. The Bertz CT molecular complexity index is 195. The smallest absolute Gasteiger partial charge is 0.450 e. The molecule has 1 aliphatic rings. The maximum absolute atomic E-state index is 12.1. The normalized spacial score (nSPS) is 21.2. The molecule has 0 aromatic heterocycles. The maximum atomic E-state index is 12.1. The minimum atomic E-state index is -4.58. The van der Waals surface area contributed by atoms with Crippen molar-refractivity contribution in [3.8, 4) is 0 Å². The molecule has 0 unspecified atom stereocenters. The lowest BCUT2D eigenvalue weighted by atomic mass is 9.79. The van der Waals surface area contributed by atoms with E-state index in [0.29, 0.717) is 6.42 Å². The van der Waals surface area contributed by atoms with Gasteiger partial charge in [0.15, 0.2) is 0 Å². The van der Waals surface area contributed by atoms with Crippen molar-refractivity contribution >= 4 is 6.16 Å². The molecule has 0 bridgehead atoms. The van der Waals surface area contributed by atoms with E-state index in [2.05, 4.69) is 4.74 Å². The Labute approximate surface area is 66.1 Å². The summed E-state index contributed by atoms with van der Waals surface area (Å²) in [5.74, 6) is 0. The molecule has 0 saturated heterocycles. The van der Waals surface area contributed by atoms with Crippen molar-refractivity contribution < 1.29 is 27.8 Å². The van der Waals surface area contributed by atoms with Crippen LogP contribution in [0.1, 0.15) is 19.3 Å². The lowest BCUT2D eigenvalue weighted by Gasteiger charge is -2.40. The highest BCUT2D eigenvalue weighted by molar-refractivity contribution is 5.58. The first kappa shape index (κ1) is 9.15. The summed E-state index contributed by atoms with van der Waals surface area (Å²) in [6.45, 7) is 0. The second-order valence-electron chi connectivity index (χ2n) is 2.71. The van der Waals surface area contributed by atoms with Crippen LogP contribution in [0.3, 0.4) is 0 Å². The summed E-state index contributed by atoms with van der Waals surface area (Å²) in [5.41, 5.74) is -2.42. The predicted molar refractivity (Wildman–Crippen MR) is 31.7 cm³/mol. The lowest BCUT2D eigenvalue weighted by Crippen LogP contribution is -2.53. The van der Waals surface area contributed by atoms with Crippen molar-refractivity contribution in [3.05, 3.63) is 0 Å². The fourth-order valence-electron chi connectivity index (χ4n) is 1.11. The van der Waals surface area contributed by atoms with E-state index in [1.54, 1.807) is 0 Å². The second-order valence-corrected chi connectivity index (χ2v) is 2.71. The third-order valence-corrected chi connectivity index (χ3v) is 1.96. The zero-order chi connectivity index (χ0) is 9.41. The molecule has 1 N–H and O–H groups in total. The van der Waals surface area contributed by atoms with Crippen LogP contribution in [0.5, 0.6) is 0 Å². The van der Waals surface area contributed by atoms with Crippen LogP contribution in [0.4, 0.5) is 18.0 Å². The summed E-state index contributed by atoms with van der Waals surface area (Å²) >= 11 is 0. The van der Waals surface area contributed by atoms with Gasteiger partial charge in [0, 0.05) is 0 Å². The van der Waals surface area contributed by atoms with Crippen LogP contribution in [0, 0.1) is 0 Å². The Hall–Kier alpha value is -0.940. The van der Waals surface area contributed by atoms with Crippen molar-refractivity contribution in [1.82, 2.24) is 0 Å². The minimum absolute atomic E-state index is 0.261. The van der Waals surface area contributed by atoms with Crippen molar-refractivity contribution in [1.29, 1.82) is 0 Å². The molecule has 6 heteroatoms. The van der Waals surface area contributed by atoms with Crippen LogP contribution in [-0.4, -0.2) is 23.0 Å². The van der Waals surface area contributed by atoms with Crippen LogP contribution < -0.4 is 0 Å². The van der Waals surface area contributed by atoms with E-state index in [1.807, 2.05) is 0 Å². The van der Waals surface area contributed by atoms with Crippen molar-refractivity contribution in [2.24, 2.45) is 0 Å². The number of alkyl halides is 3. The Morgan fingerprint density at radius 1 is 1.42 bits per heavy atom. The van der Waals surface area contributed by atoms with Crippen LogP contribution in [0.2, 0.25) is 0 Å². The van der Waals surface area contributed by atoms with Gasteiger partial charge in [0.1, 0.15) is 0 Å². The summed E-state index contributed by atoms with van der Waals surface area (Å²) < 4.78 is 40.2. The van der Waals surface area contributed by atoms with Crippen molar-refractivity contribution in [2.45, 2.75) is 31.0 Å². The molecule has 1 rings (SSSR count). The summed E-state index contributed by atoms with van der Waals surface area (Å²) in [4.78, 5) is 9.93. The molecule has 0 aliphatic heterocycles. The summed E-state index contributed by atoms with van der Waals surface area (Å²) in [6.07, 6.45) is -6.62. The summed E-state index contributed by atoms with van der Waals surface area (Å²) in [6, 6.07) is 0. The molecular weight excluding hydrogens is 177 g/mol. The maximum Gasteiger partial charge on any atom is 0.506 e. The molecule has 1 aliphatic carbocycles. The van der Waals surface area contributed by atoms with Crippen LogP contribution in [0.15, 0.2) is 0 Å². The number of carbonyl (C=O) groups is 1. The van der Waals surface area contributed by atoms with E-state index in [9.17, 15) is 18.0 Å². The topological polar surface area (TPSA) is 46.5 Å². The molecule has 0 atom stereocenters. The molecule has 1 saturated carbocycles. The van der Waals surface area contributed by atoms with E-state index in [4.69, 9.17) is 5.11 Å². The van der Waals surface area contributed by atoms with E-state index >= 15 is 0 Å². The van der Waals surface area contributed by atoms with Gasteiger partial charge in [0.2, 0.25) is 5.60 Å². The molecule has 0 amide bonds. The summed E-state index contributed by atoms with van der Waals surface area (Å²) in [7, 11) is 0. The first-order valence-corrected chi connectivity index (χ1v) is 3.36. The Kier molecular flexibility index (Phi) is 1.93. The van der Waals surface area contributed by atoms with Gasteiger partial charge in [-0.25, -0.2) is 4.79 Å². The molecule has 0 spiro atoms. The fourth-order valence-corrected chi connectivity index (χ4v) is 1.11. The van der Waals surface area contributed by atoms with Gasteiger partial charge in [-0.1, -0.05) is 0 Å². The van der Waals surface area contributed by atoms with Gasteiger partial charge in [-0.3, -0.25) is 0 Å². The second kappa shape index (κ2) is 2.53. The molecule has 0 heterocycles. The average Bonchev–Trinajstić information content (AvgIpc) is 1.74. The molecule has 70 valence electrons. The third-order valence-electron chi connectivity index (χ3n) is 1.96. The van der Waals surface area contributed by atoms with Crippen LogP contribution >= 0.6 is 0 Å². The van der Waals surface area contributed by atoms with Gasteiger partial charge in [-0.05, 0) is 19.3 Å². The quantitative estimate of drug-likeness (QED) is 0.635. The van der Waals surface area contributed by atoms with E-state index in [1.165, 1.54) is 0 Å². The molecule has 0 aromatic carbocycles. The van der Waals surface area contributed by atoms with Gasteiger partial charge >= 0.3 is 12.3 Å². The van der Waals surface area contributed by atoms with Crippen molar-refractivity contribution in [3.63, 3.8) is 0 Å². The van der Waals surface area contributed by atoms with Crippen molar-refractivity contribution in [2.75, 3.05) is 0 Å². The van der Waals surface area contributed by atoms with Gasteiger partial charge in [0.05, 0.1) is 0 Å². The molecular formula is C6H7F3O3. The van der Waals surface area contributed by atoms with Gasteiger partial charge in [-0.2, -0.15) is 13.2 Å². The van der Waals surface area contributed by atoms with Gasteiger partial charge in [-0.15, -0.1) is 0 Å². The average molecular weight is 184 g/mol. The minimum Gasteiger partial charge on any atom is -0.450 e. The zero-order valence-corrected chi connectivity index (χ0v) is 6.02. The number of ether oxygens (including phenoxy) is 1. The highest BCUT2D eigenvalue weighted by Crippen LogP contribution is 2.48. The summed E-state index contributed by atoms with van der Waals surface area (Å²) in [5, 5.41) is 8.06. The number of carboxylic acid groups (broad SMARTS) is 1. The van der Waals surface area contributed by atoms with Crippen LogP contribution in [0.25, 0.3) is 0 Å². The van der Waals surface area contributed by atoms with Gasteiger partial charge < -0.3 is 9.84 Å². The Morgan fingerprint density at radius 3 is 2.00 bits per heavy atom. The van der Waals surface area contributed by atoms with E-state index in [0.717, 1.165) is 0 Å². The molecule has 3 nitrogen and oxygen atoms in total. The van der Waals surface area contributed by atoms with E-state index in [-0.39, 0.29) is 12.8 Å². The number of hydrogen-bond acceptors (Lipinski definition) is 2. The standard InChI is InChI=1S/C6H7F3O3/c7-6(8,9)5(2-1-3-5)12-4(10)11/h1-3H2,(H,10,11).